The van der Waals surface area contributed by atoms with E-state index in [2.05, 4.69) is 20.7 Å². The third-order valence-electron chi connectivity index (χ3n) is 1.52. The predicted octanol–water partition coefficient (Wildman–Crippen LogP) is -0.689. The lowest BCUT2D eigenvalue weighted by Gasteiger charge is -1.89. The van der Waals surface area contributed by atoms with E-state index in [1.54, 1.807) is 13.0 Å². The van der Waals surface area contributed by atoms with Crippen molar-refractivity contribution in [3.63, 3.8) is 0 Å². The summed E-state index contributed by atoms with van der Waals surface area (Å²) in [6.45, 7) is 2.05. The molecule has 1 N–H and O–H groups in total. The molecule has 0 atom stereocenters. The standard InChI is InChI=1S/C6H7N5O2/c1-4-2-5(8-13-4)3-11-6(12)7-9-10-11/h2H,3H2,1H3,(H,7,10,12). The van der Waals surface area contributed by atoms with E-state index in [1.165, 1.54) is 0 Å². The quantitative estimate of drug-likeness (QED) is 0.662. The fraction of sp³-hybridized carbons (Fsp3) is 0.333. The van der Waals surface area contributed by atoms with Crippen LogP contribution in [0.15, 0.2) is 15.4 Å². The molecule has 0 fully saturated rings. The third-order valence-corrected chi connectivity index (χ3v) is 1.52. The maximum Gasteiger partial charge on any atom is 0.361 e. The van der Waals surface area contributed by atoms with E-state index < -0.39 is 0 Å². The van der Waals surface area contributed by atoms with Crippen molar-refractivity contribution in [1.82, 2.24) is 25.4 Å². The Morgan fingerprint density at radius 3 is 3.08 bits per heavy atom. The smallest absolute Gasteiger partial charge is 0.361 e. The Morgan fingerprint density at radius 2 is 2.54 bits per heavy atom. The number of nitrogens with one attached hydrogen (secondary N) is 1. The van der Waals surface area contributed by atoms with Crippen LogP contribution in [-0.4, -0.2) is 25.4 Å². The van der Waals surface area contributed by atoms with E-state index in [4.69, 9.17) is 4.52 Å². The van der Waals surface area contributed by atoms with E-state index >= 15 is 0 Å². The first-order valence-corrected chi connectivity index (χ1v) is 3.66. The zero-order chi connectivity index (χ0) is 9.26. The van der Waals surface area contributed by atoms with Gasteiger partial charge in [-0.1, -0.05) is 5.16 Å². The molecule has 0 aromatic carbocycles. The Balaban J connectivity index is 2.24. The van der Waals surface area contributed by atoms with E-state index in [0.717, 1.165) is 4.68 Å². The summed E-state index contributed by atoms with van der Waals surface area (Å²) in [5.41, 5.74) is 0.286. The van der Waals surface area contributed by atoms with Crippen molar-refractivity contribution in [3.05, 3.63) is 28.0 Å². The van der Waals surface area contributed by atoms with Gasteiger partial charge in [0.05, 0.1) is 6.54 Å². The van der Waals surface area contributed by atoms with Crippen LogP contribution in [0.3, 0.4) is 0 Å². The van der Waals surface area contributed by atoms with Gasteiger partial charge < -0.3 is 4.52 Å². The van der Waals surface area contributed by atoms with Crippen LogP contribution < -0.4 is 5.69 Å². The van der Waals surface area contributed by atoms with Crippen LogP contribution in [0.1, 0.15) is 11.5 Å². The van der Waals surface area contributed by atoms with E-state index in [-0.39, 0.29) is 12.2 Å². The van der Waals surface area contributed by atoms with Crippen molar-refractivity contribution < 1.29 is 4.52 Å². The summed E-state index contributed by atoms with van der Waals surface area (Å²) in [5.74, 6) is 0.701. The molecule has 0 aliphatic rings. The summed E-state index contributed by atoms with van der Waals surface area (Å²) in [6, 6.07) is 1.74. The Labute approximate surface area is 72.3 Å². The van der Waals surface area contributed by atoms with E-state index in [9.17, 15) is 4.79 Å². The summed E-state index contributed by atoms with van der Waals surface area (Å²) in [7, 11) is 0. The molecule has 0 spiro atoms. The number of rotatable bonds is 2. The first-order valence-electron chi connectivity index (χ1n) is 3.66. The van der Waals surface area contributed by atoms with Crippen LogP contribution in [0, 0.1) is 6.92 Å². The fourth-order valence-corrected chi connectivity index (χ4v) is 0.967. The van der Waals surface area contributed by atoms with Gasteiger partial charge in [-0.3, -0.25) is 0 Å². The minimum atomic E-state index is -0.361. The van der Waals surface area contributed by atoms with Gasteiger partial charge in [-0.2, -0.15) is 4.68 Å². The highest BCUT2D eigenvalue weighted by Gasteiger charge is 2.04. The maximum atomic E-state index is 11.0. The zero-order valence-electron chi connectivity index (χ0n) is 6.89. The molecule has 0 amide bonds. The van der Waals surface area contributed by atoms with Crippen LogP contribution in [-0.2, 0) is 6.54 Å². The Hall–Kier alpha value is -1.92. The molecule has 0 aliphatic carbocycles. The van der Waals surface area contributed by atoms with Gasteiger partial charge in [-0.05, 0) is 17.4 Å². The molecule has 0 saturated carbocycles. The minimum Gasteiger partial charge on any atom is -0.361 e. The number of aromatic amines is 1. The van der Waals surface area contributed by atoms with Gasteiger partial charge in [0.25, 0.3) is 0 Å². The summed E-state index contributed by atoms with van der Waals surface area (Å²) in [6.07, 6.45) is 0. The lowest BCUT2D eigenvalue weighted by atomic mass is 10.4. The molecule has 2 aromatic heterocycles. The molecule has 0 unspecified atom stereocenters. The average Bonchev–Trinajstić information content (AvgIpc) is 2.64. The van der Waals surface area contributed by atoms with Gasteiger partial charge in [-0.25, -0.2) is 9.89 Å². The summed E-state index contributed by atoms with van der Waals surface area (Å²) in [4.78, 5) is 11.0. The lowest BCUT2D eigenvalue weighted by molar-refractivity contribution is 0.387. The number of hydrogen-bond acceptors (Lipinski definition) is 5. The van der Waals surface area contributed by atoms with Crippen molar-refractivity contribution in [2.24, 2.45) is 0 Å². The first-order chi connectivity index (χ1) is 6.25. The highest BCUT2D eigenvalue weighted by molar-refractivity contribution is 5.03. The van der Waals surface area contributed by atoms with Crippen LogP contribution >= 0.6 is 0 Å². The van der Waals surface area contributed by atoms with Crippen molar-refractivity contribution >= 4 is 0 Å². The van der Waals surface area contributed by atoms with Crippen LogP contribution in [0.5, 0.6) is 0 Å². The molecular weight excluding hydrogens is 174 g/mol. The zero-order valence-corrected chi connectivity index (χ0v) is 6.89. The van der Waals surface area contributed by atoms with Crippen LogP contribution in [0.25, 0.3) is 0 Å². The molecule has 7 heteroatoms. The molecule has 2 rings (SSSR count). The highest BCUT2D eigenvalue weighted by atomic mass is 16.5. The molecule has 13 heavy (non-hydrogen) atoms. The molecule has 68 valence electrons. The van der Waals surface area contributed by atoms with Gasteiger partial charge in [-0.15, -0.1) is 0 Å². The molecule has 0 radical (unpaired) electrons. The van der Waals surface area contributed by atoms with E-state index in [0.29, 0.717) is 11.5 Å². The Kier molecular flexibility index (Phi) is 1.69. The molecule has 2 heterocycles. The molecule has 0 saturated heterocycles. The molecule has 0 bridgehead atoms. The van der Waals surface area contributed by atoms with Gasteiger partial charge in [0.15, 0.2) is 0 Å². The number of tetrazole rings is 1. The average molecular weight is 181 g/mol. The normalized spacial score (nSPS) is 10.5. The molecule has 2 aromatic rings. The first kappa shape index (κ1) is 7.71. The number of aryl methyl sites for hydroxylation is 1. The van der Waals surface area contributed by atoms with Crippen molar-refractivity contribution in [3.8, 4) is 0 Å². The Bertz CT molecular complexity index is 453. The van der Waals surface area contributed by atoms with E-state index in [1.807, 2.05) is 0 Å². The second-order valence-corrected chi connectivity index (χ2v) is 2.59. The summed E-state index contributed by atoms with van der Waals surface area (Å²) < 4.78 is 5.99. The van der Waals surface area contributed by atoms with Gasteiger partial charge >= 0.3 is 5.69 Å². The van der Waals surface area contributed by atoms with Gasteiger partial charge in [0.2, 0.25) is 0 Å². The number of aromatic nitrogens is 5. The Morgan fingerprint density at radius 1 is 1.69 bits per heavy atom. The minimum absolute atomic E-state index is 0.271. The van der Waals surface area contributed by atoms with Crippen LogP contribution in [0.4, 0.5) is 0 Å². The summed E-state index contributed by atoms with van der Waals surface area (Å²) in [5, 5.41) is 12.8. The van der Waals surface area contributed by atoms with Crippen molar-refractivity contribution in [2.45, 2.75) is 13.5 Å². The van der Waals surface area contributed by atoms with Crippen LogP contribution in [0.2, 0.25) is 0 Å². The third kappa shape index (κ3) is 1.48. The SMILES string of the molecule is Cc1cc(Cn2nn[nH]c2=O)no1. The maximum absolute atomic E-state index is 11.0. The molecule has 0 aliphatic heterocycles. The number of hydrogen-bond donors (Lipinski definition) is 1. The monoisotopic (exact) mass is 181 g/mol. The summed E-state index contributed by atoms with van der Waals surface area (Å²) >= 11 is 0. The largest absolute Gasteiger partial charge is 0.361 e. The molecular formula is C6H7N5O2. The van der Waals surface area contributed by atoms with Gasteiger partial charge in [0.1, 0.15) is 11.5 Å². The highest BCUT2D eigenvalue weighted by Crippen LogP contribution is 2.01. The lowest BCUT2D eigenvalue weighted by Crippen LogP contribution is -2.18. The van der Waals surface area contributed by atoms with Crippen molar-refractivity contribution in [1.29, 1.82) is 0 Å². The predicted molar refractivity (Wildman–Crippen MR) is 41.0 cm³/mol. The topological polar surface area (TPSA) is 89.6 Å². The van der Waals surface area contributed by atoms with Crippen molar-refractivity contribution in [2.75, 3.05) is 0 Å². The number of nitrogens with zero attached hydrogens (tertiary/aromatic N) is 4. The van der Waals surface area contributed by atoms with Gasteiger partial charge in [0, 0.05) is 6.07 Å². The second kappa shape index (κ2) is 2.85. The number of H-pyrrole nitrogens is 1. The fourth-order valence-electron chi connectivity index (χ4n) is 0.967. The molecule has 7 nitrogen and oxygen atoms in total. The second-order valence-electron chi connectivity index (χ2n) is 2.59.